The molecule has 0 unspecified atom stereocenters. The van der Waals surface area contributed by atoms with Gasteiger partial charge in [0.05, 0.1) is 4.90 Å². The van der Waals surface area contributed by atoms with Crippen LogP contribution in [0.15, 0.2) is 77.8 Å². The largest absolute Gasteiger partial charge is 0.439 e. The van der Waals surface area contributed by atoms with Crippen LogP contribution in [0.1, 0.15) is 38.3 Å². The molecule has 0 saturated heterocycles. The summed E-state index contributed by atoms with van der Waals surface area (Å²) in [6, 6.07) is 19.5. The fourth-order valence-corrected chi connectivity index (χ4v) is 4.08. The molecule has 33 heavy (non-hydrogen) atoms. The zero-order valence-electron chi connectivity index (χ0n) is 19.0. The molecule has 8 heteroatoms. The van der Waals surface area contributed by atoms with Crippen molar-refractivity contribution in [1.82, 2.24) is 15.0 Å². The number of benzene rings is 2. The third kappa shape index (κ3) is 7.40. The van der Waals surface area contributed by atoms with Crippen molar-refractivity contribution in [2.45, 2.75) is 44.0 Å². The van der Waals surface area contributed by atoms with Crippen LogP contribution >= 0.6 is 0 Å². The van der Waals surface area contributed by atoms with Crippen molar-refractivity contribution in [1.29, 1.82) is 0 Å². The predicted octanol–water partition coefficient (Wildman–Crippen LogP) is 4.16. The number of carbonyl (C=O) groups excluding carboxylic acids is 1. The Morgan fingerprint density at radius 1 is 1.00 bits per heavy atom. The van der Waals surface area contributed by atoms with E-state index in [1.165, 1.54) is 0 Å². The molecule has 1 heterocycles. The minimum atomic E-state index is -3.67. The molecule has 2 aromatic carbocycles. The molecule has 3 rings (SSSR count). The van der Waals surface area contributed by atoms with E-state index in [1.807, 2.05) is 48.5 Å². The lowest BCUT2D eigenvalue weighted by Gasteiger charge is -2.19. The number of sulfonamides is 1. The third-order valence-corrected chi connectivity index (χ3v) is 6.40. The number of hydrogen-bond donors (Lipinski definition) is 2. The molecule has 174 valence electrons. The molecule has 0 bridgehead atoms. The maximum atomic E-state index is 12.5. The average Bonchev–Trinajstić information content (AvgIpc) is 2.78. The number of rotatable bonds is 9. The molecule has 0 saturated carbocycles. The zero-order valence-corrected chi connectivity index (χ0v) is 19.9. The van der Waals surface area contributed by atoms with Gasteiger partial charge < -0.3 is 10.1 Å². The molecule has 7 nitrogen and oxygen atoms in total. The van der Waals surface area contributed by atoms with Crippen LogP contribution in [-0.4, -0.2) is 25.9 Å². The van der Waals surface area contributed by atoms with Crippen LogP contribution in [0.5, 0.6) is 11.6 Å². The maximum Gasteiger partial charge on any atom is 0.240 e. The zero-order chi connectivity index (χ0) is 23.9. The number of amides is 1. The summed E-state index contributed by atoms with van der Waals surface area (Å²) >= 11 is 0. The van der Waals surface area contributed by atoms with Gasteiger partial charge in [-0.25, -0.2) is 18.1 Å². The van der Waals surface area contributed by atoms with Gasteiger partial charge in [0.15, 0.2) is 0 Å². The second-order valence-electron chi connectivity index (χ2n) is 8.62. The number of carbonyl (C=O) groups is 1. The molecule has 0 spiro atoms. The number of ether oxygens (including phenoxy) is 1. The molecule has 1 aromatic heterocycles. The molecule has 1 amide bonds. The lowest BCUT2D eigenvalue weighted by molar-refractivity contribution is -0.121. The van der Waals surface area contributed by atoms with Gasteiger partial charge in [0, 0.05) is 31.8 Å². The SMILES string of the molecule is CC(C)(C)c1ccc(S(=O)(=O)NCCC(=O)NCc2cccc(Oc3ccccn3)c2)cc1. The van der Waals surface area contributed by atoms with Gasteiger partial charge in [-0.15, -0.1) is 0 Å². The van der Waals surface area contributed by atoms with Crippen molar-refractivity contribution >= 4 is 15.9 Å². The van der Waals surface area contributed by atoms with Crippen LogP contribution < -0.4 is 14.8 Å². The maximum absolute atomic E-state index is 12.5. The topological polar surface area (TPSA) is 97.4 Å². The van der Waals surface area contributed by atoms with Crippen molar-refractivity contribution in [2.75, 3.05) is 6.54 Å². The van der Waals surface area contributed by atoms with Gasteiger partial charge in [-0.3, -0.25) is 4.79 Å². The van der Waals surface area contributed by atoms with Crippen LogP contribution in [0.3, 0.4) is 0 Å². The smallest absolute Gasteiger partial charge is 0.240 e. The summed E-state index contributed by atoms with van der Waals surface area (Å²) in [6.07, 6.45) is 1.68. The monoisotopic (exact) mass is 467 g/mol. The lowest BCUT2D eigenvalue weighted by atomic mass is 9.87. The van der Waals surface area contributed by atoms with Gasteiger partial charge in [0.25, 0.3) is 0 Å². The van der Waals surface area contributed by atoms with E-state index < -0.39 is 10.0 Å². The van der Waals surface area contributed by atoms with Crippen LogP contribution in [0.2, 0.25) is 0 Å². The van der Waals surface area contributed by atoms with E-state index >= 15 is 0 Å². The lowest BCUT2D eigenvalue weighted by Crippen LogP contribution is -2.30. The second-order valence-corrected chi connectivity index (χ2v) is 10.4. The Balaban J connectivity index is 1.46. The first-order valence-corrected chi connectivity index (χ1v) is 12.2. The summed E-state index contributed by atoms with van der Waals surface area (Å²) in [4.78, 5) is 16.5. The number of hydrogen-bond acceptors (Lipinski definition) is 5. The van der Waals surface area contributed by atoms with E-state index in [4.69, 9.17) is 4.74 Å². The van der Waals surface area contributed by atoms with E-state index in [0.717, 1.165) is 11.1 Å². The summed E-state index contributed by atoms with van der Waals surface area (Å²) < 4.78 is 33.1. The fourth-order valence-electron chi connectivity index (χ4n) is 3.05. The fraction of sp³-hybridized carbons (Fsp3) is 0.280. The van der Waals surface area contributed by atoms with Crippen molar-refractivity contribution in [3.8, 4) is 11.6 Å². The van der Waals surface area contributed by atoms with Gasteiger partial charge in [-0.05, 0) is 46.9 Å². The highest BCUT2D eigenvalue weighted by Crippen LogP contribution is 2.23. The van der Waals surface area contributed by atoms with E-state index in [0.29, 0.717) is 18.2 Å². The van der Waals surface area contributed by atoms with Gasteiger partial charge in [0.1, 0.15) is 5.75 Å². The molecular weight excluding hydrogens is 438 g/mol. The van der Waals surface area contributed by atoms with Crippen LogP contribution in [0, 0.1) is 0 Å². The quantitative estimate of drug-likeness (QED) is 0.493. The van der Waals surface area contributed by atoms with Gasteiger partial charge in [-0.1, -0.05) is 51.1 Å². The molecule has 3 aromatic rings. The van der Waals surface area contributed by atoms with Gasteiger partial charge >= 0.3 is 0 Å². The predicted molar refractivity (Wildman–Crippen MR) is 128 cm³/mol. The molecule has 0 radical (unpaired) electrons. The Morgan fingerprint density at radius 3 is 2.42 bits per heavy atom. The van der Waals surface area contributed by atoms with Crippen molar-refractivity contribution in [3.05, 3.63) is 84.1 Å². The molecule has 2 N–H and O–H groups in total. The van der Waals surface area contributed by atoms with Crippen molar-refractivity contribution in [3.63, 3.8) is 0 Å². The normalized spacial score (nSPS) is 11.7. The van der Waals surface area contributed by atoms with E-state index in [-0.39, 0.29) is 29.2 Å². The molecule has 0 aliphatic rings. The number of nitrogens with zero attached hydrogens (tertiary/aromatic N) is 1. The Hall–Kier alpha value is -3.23. The summed E-state index contributed by atoms with van der Waals surface area (Å²) in [5.74, 6) is 0.849. The highest BCUT2D eigenvalue weighted by atomic mass is 32.2. The van der Waals surface area contributed by atoms with Crippen molar-refractivity contribution in [2.24, 2.45) is 0 Å². The van der Waals surface area contributed by atoms with Crippen molar-refractivity contribution < 1.29 is 17.9 Å². The Labute approximate surface area is 195 Å². The third-order valence-electron chi connectivity index (χ3n) is 4.92. The van der Waals surface area contributed by atoms with E-state index in [1.54, 1.807) is 24.4 Å². The second kappa shape index (κ2) is 10.6. The van der Waals surface area contributed by atoms with E-state index in [2.05, 4.69) is 35.8 Å². The first-order valence-electron chi connectivity index (χ1n) is 10.7. The molecular formula is C25H29N3O4S. The van der Waals surface area contributed by atoms with Gasteiger partial charge in [0.2, 0.25) is 21.8 Å². The van der Waals surface area contributed by atoms with Crippen LogP contribution in [-0.2, 0) is 26.8 Å². The number of nitrogens with one attached hydrogen (secondary N) is 2. The summed E-state index contributed by atoms with van der Waals surface area (Å²) in [5.41, 5.74) is 1.85. The Kier molecular flexibility index (Phi) is 7.84. The molecule has 0 fully saturated rings. The minimum Gasteiger partial charge on any atom is -0.439 e. The number of pyridine rings is 1. The van der Waals surface area contributed by atoms with Crippen LogP contribution in [0.4, 0.5) is 0 Å². The Bertz CT molecular complexity index is 1170. The highest BCUT2D eigenvalue weighted by molar-refractivity contribution is 7.89. The molecule has 0 atom stereocenters. The highest BCUT2D eigenvalue weighted by Gasteiger charge is 2.17. The first kappa shape index (κ1) is 24.4. The summed E-state index contributed by atoms with van der Waals surface area (Å²) in [5, 5.41) is 2.80. The van der Waals surface area contributed by atoms with E-state index in [9.17, 15) is 13.2 Å². The Morgan fingerprint density at radius 2 is 1.76 bits per heavy atom. The summed E-state index contributed by atoms with van der Waals surface area (Å²) in [7, 11) is -3.67. The van der Waals surface area contributed by atoms with Gasteiger partial charge in [-0.2, -0.15) is 0 Å². The minimum absolute atomic E-state index is 0.0119. The summed E-state index contributed by atoms with van der Waals surface area (Å²) in [6.45, 7) is 6.52. The first-order chi connectivity index (χ1) is 15.6. The number of aromatic nitrogens is 1. The average molecular weight is 468 g/mol. The molecule has 0 aliphatic heterocycles. The van der Waals surface area contributed by atoms with Crippen LogP contribution in [0.25, 0.3) is 0 Å². The standard InChI is InChI=1S/C25H29N3O4S/c1-25(2,3)20-10-12-22(13-11-20)33(30,31)28-16-14-23(29)27-18-19-7-6-8-21(17-19)32-24-9-4-5-15-26-24/h4-13,15,17,28H,14,16,18H2,1-3H3,(H,27,29). The molecule has 0 aliphatic carbocycles.